The van der Waals surface area contributed by atoms with E-state index >= 15 is 0 Å². The number of esters is 1. The van der Waals surface area contributed by atoms with Gasteiger partial charge in [-0.3, -0.25) is 34.1 Å². The highest BCUT2D eigenvalue weighted by Crippen LogP contribution is 2.40. The number of carbonyl (C=O) groups is 4. The molecule has 2 atom stereocenters. The van der Waals surface area contributed by atoms with Crippen LogP contribution in [-0.2, 0) is 26.2 Å². The molecule has 1 saturated heterocycles. The minimum atomic E-state index is -1.36. The lowest BCUT2D eigenvalue weighted by molar-refractivity contribution is -0.385. The number of amides is 2. The second-order valence-corrected chi connectivity index (χ2v) is 7.67. The zero-order chi connectivity index (χ0) is 22.3. The molecule has 0 bridgehead atoms. The van der Waals surface area contributed by atoms with Gasteiger partial charge in [0.1, 0.15) is 29.4 Å². The van der Waals surface area contributed by atoms with Crippen LogP contribution in [0.25, 0.3) is 0 Å². The summed E-state index contributed by atoms with van der Waals surface area (Å²) in [5.41, 5.74) is -0.765. The van der Waals surface area contributed by atoms with Crippen LogP contribution in [0.4, 0.5) is 5.69 Å². The van der Waals surface area contributed by atoms with E-state index in [9.17, 15) is 34.4 Å². The average molecular weight is 439 g/mol. The number of thioether (sulfide) groups is 1. The van der Waals surface area contributed by atoms with Crippen LogP contribution in [-0.4, -0.2) is 72.2 Å². The number of nitrogens with one attached hydrogen (secondary N) is 1. The van der Waals surface area contributed by atoms with Gasteiger partial charge in [0, 0.05) is 25.3 Å². The van der Waals surface area contributed by atoms with Crippen LogP contribution in [0.15, 0.2) is 11.3 Å². The Bertz CT molecular complexity index is 1020. The monoisotopic (exact) mass is 439 g/mol. The van der Waals surface area contributed by atoms with Gasteiger partial charge in [-0.15, -0.1) is 11.8 Å². The fourth-order valence-electron chi connectivity index (χ4n) is 3.31. The topological polar surface area (TPSA) is 174 Å². The highest BCUT2D eigenvalue weighted by molar-refractivity contribution is 8.00. The van der Waals surface area contributed by atoms with E-state index in [4.69, 9.17) is 4.74 Å². The molecule has 30 heavy (non-hydrogen) atoms. The average Bonchev–Trinajstić information content (AvgIpc) is 2.97. The molecule has 1 aromatic heterocycles. The lowest BCUT2D eigenvalue weighted by atomic mass is 10.0. The highest BCUT2D eigenvalue weighted by Gasteiger charge is 2.54. The van der Waals surface area contributed by atoms with Gasteiger partial charge < -0.3 is 15.2 Å². The Morgan fingerprint density at radius 2 is 2.10 bits per heavy atom. The molecule has 0 spiro atoms. The third-order valence-corrected chi connectivity index (χ3v) is 5.91. The van der Waals surface area contributed by atoms with Crippen molar-refractivity contribution in [2.75, 3.05) is 12.4 Å². The van der Waals surface area contributed by atoms with Crippen molar-refractivity contribution >= 4 is 41.2 Å². The maximum atomic E-state index is 12.6. The van der Waals surface area contributed by atoms with Gasteiger partial charge in [0.25, 0.3) is 11.8 Å². The lowest BCUT2D eigenvalue weighted by Crippen LogP contribution is -2.70. The summed E-state index contributed by atoms with van der Waals surface area (Å²) in [7, 11) is 1.37. The number of fused-ring (bicyclic) bond motifs is 1. The summed E-state index contributed by atoms with van der Waals surface area (Å²) >= 11 is 1.18. The third-order valence-electron chi connectivity index (χ3n) is 4.57. The normalized spacial score (nSPS) is 20.4. The summed E-state index contributed by atoms with van der Waals surface area (Å²) in [6, 6.07) is -1.07. The van der Waals surface area contributed by atoms with E-state index in [1.54, 1.807) is 0 Å². The number of hydrogen-bond donors (Lipinski definition) is 2. The van der Waals surface area contributed by atoms with Gasteiger partial charge in [-0.1, -0.05) is 0 Å². The molecule has 2 aliphatic rings. The summed E-state index contributed by atoms with van der Waals surface area (Å²) in [5.74, 6) is -3.33. The van der Waals surface area contributed by atoms with Crippen molar-refractivity contribution in [2.45, 2.75) is 25.3 Å². The van der Waals surface area contributed by atoms with E-state index < -0.39 is 45.8 Å². The minimum absolute atomic E-state index is 0.0486. The van der Waals surface area contributed by atoms with Crippen LogP contribution in [0, 0.1) is 17.0 Å². The molecular weight excluding hydrogens is 422 g/mol. The molecule has 0 aliphatic carbocycles. The number of rotatable bonds is 6. The standard InChI is InChI=1S/C16H17N5O8S/c1-6-10(21(27)28)12(19(3)18-6)13(23)17-9-14(24)20-11(16(25)26)8(4-29-7(2)22)5-30-15(9)20/h9,15H,4-5H2,1-3H3,(H,17,23)(H,25,26)/t9-,15+/m0/s1. The van der Waals surface area contributed by atoms with Crippen molar-refractivity contribution in [1.29, 1.82) is 0 Å². The summed E-state index contributed by atoms with van der Waals surface area (Å²) < 4.78 is 5.90. The molecule has 14 heteroatoms. The van der Waals surface area contributed by atoms with E-state index in [1.807, 2.05) is 0 Å². The largest absolute Gasteiger partial charge is 0.477 e. The molecule has 0 radical (unpaired) electrons. The number of carbonyl (C=O) groups excluding carboxylic acids is 3. The molecule has 0 unspecified atom stereocenters. The summed E-state index contributed by atoms with van der Waals surface area (Å²) in [6.07, 6.45) is 0. The number of nitro groups is 1. The SMILES string of the molecule is CC(=O)OCC1=C(C(=O)O)N2C(=O)[C@H](NC(=O)c3c([N+](=O)[O-])c(C)nn3C)[C@H]2SC1. The van der Waals surface area contributed by atoms with Gasteiger partial charge >= 0.3 is 17.6 Å². The number of aromatic nitrogens is 2. The minimum Gasteiger partial charge on any atom is -0.477 e. The van der Waals surface area contributed by atoms with Crippen molar-refractivity contribution in [3.63, 3.8) is 0 Å². The molecule has 13 nitrogen and oxygen atoms in total. The first-order valence-electron chi connectivity index (χ1n) is 8.56. The fraction of sp³-hybridized carbons (Fsp3) is 0.438. The zero-order valence-electron chi connectivity index (χ0n) is 16.1. The van der Waals surface area contributed by atoms with Gasteiger partial charge in [-0.2, -0.15) is 5.10 Å². The second-order valence-electron chi connectivity index (χ2n) is 6.56. The Hall–Kier alpha value is -3.42. The molecule has 0 aromatic carbocycles. The Morgan fingerprint density at radius 3 is 2.67 bits per heavy atom. The molecular formula is C16H17N5O8S. The number of aliphatic carboxylic acids is 1. The first kappa shape index (κ1) is 21.3. The second kappa shape index (κ2) is 7.78. The maximum absolute atomic E-state index is 12.6. The van der Waals surface area contributed by atoms with Crippen LogP contribution >= 0.6 is 11.8 Å². The Balaban J connectivity index is 1.82. The van der Waals surface area contributed by atoms with Crippen molar-refractivity contribution in [2.24, 2.45) is 7.05 Å². The molecule has 2 N–H and O–H groups in total. The van der Waals surface area contributed by atoms with E-state index in [0.717, 1.165) is 9.58 Å². The van der Waals surface area contributed by atoms with Gasteiger partial charge in [-0.05, 0) is 6.92 Å². The zero-order valence-corrected chi connectivity index (χ0v) is 16.9. The van der Waals surface area contributed by atoms with E-state index in [1.165, 1.54) is 32.7 Å². The molecule has 0 saturated carbocycles. The predicted molar refractivity (Wildman–Crippen MR) is 100 cm³/mol. The van der Waals surface area contributed by atoms with Gasteiger partial charge in [0.15, 0.2) is 0 Å². The molecule has 2 aliphatic heterocycles. The summed E-state index contributed by atoms with van der Waals surface area (Å²) in [6.45, 7) is 2.30. The predicted octanol–water partition coefficient (Wildman–Crippen LogP) is -0.448. The van der Waals surface area contributed by atoms with Crippen molar-refractivity contribution in [3.8, 4) is 0 Å². The fourth-order valence-corrected chi connectivity index (χ4v) is 4.64. The molecule has 3 heterocycles. The van der Waals surface area contributed by atoms with E-state index in [2.05, 4.69) is 10.4 Å². The Kier molecular flexibility index (Phi) is 5.52. The first-order valence-corrected chi connectivity index (χ1v) is 9.61. The first-order chi connectivity index (χ1) is 14.0. The van der Waals surface area contributed by atoms with Gasteiger partial charge in [0.05, 0.1) is 4.92 Å². The molecule has 2 amide bonds. The smallest absolute Gasteiger partial charge is 0.352 e. The summed E-state index contributed by atoms with van der Waals surface area (Å²) in [4.78, 5) is 59.5. The number of nitrogens with zero attached hydrogens (tertiary/aromatic N) is 4. The number of hydrogen-bond acceptors (Lipinski definition) is 9. The molecule has 1 fully saturated rings. The summed E-state index contributed by atoms with van der Waals surface area (Å²) in [5, 5.41) is 26.4. The van der Waals surface area contributed by atoms with Crippen molar-refractivity contribution < 1.29 is 33.9 Å². The highest BCUT2D eigenvalue weighted by atomic mass is 32.2. The number of ether oxygens (including phenoxy) is 1. The van der Waals surface area contributed by atoms with Crippen molar-refractivity contribution in [3.05, 3.63) is 32.8 Å². The third kappa shape index (κ3) is 3.49. The molecule has 160 valence electrons. The van der Waals surface area contributed by atoms with E-state index in [-0.39, 0.29) is 35.0 Å². The molecule has 1 aromatic rings. The quantitative estimate of drug-likeness (QED) is 0.256. The number of carboxylic acid groups (broad SMARTS) is 1. The molecule has 3 rings (SSSR count). The Labute approximate surface area is 173 Å². The van der Waals surface area contributed by atoms with Crippen LogP contribution in [0.1, 0.15) is 23.1 Å². The van der Waals surface area contributed by atoms with Gasteiger partial charge in [-0.25, -0.2) is 4.79 Å². The van der Waals surface area contributed by atoms with Crippen LogP contribution in [0.3, 0.4) is 0 Å². The number of aryl methyl sites for hydroxylation is 2. The van der Waals surface area contributed by atoms with Crippen molar-refractivity contribution in [1.82, 2.24) is 20.0 Å². The van der Waals surface area contributed by atoms with Crippen LogP contribution in [0.2, 0.25) is 0 Å². The Morgan fingerprint density at radius 1 is 1.43 bits per heavy atom. The maximum Gasteiger partial charge on any atom is 0.352 e. The van der Waals surface area contributed by atoms with Crippen LogP contribution in [0.5, 0.6) is 0 Å². The lowest BCUT2D eigenvalue weighted by Gasteiger charge is -2.49. The van der Waals surface area contributed by atoms with Crippen LogP contribution < -0.4 is 5.32 Å². The van der Waals surface area contributed by atoms with E-state index in [0.29, 0.717) is 0 Å². The number of β-lactam (4-membered cyclic amide) rings is 1. The number of carboxylic acids is 1. The van der Waals surface area contributed by atoms with Gasteiger partial charge in [0.2, 0.25) is 5.69 Å².